The van der Waals surface area contributed by atoms with E-state index in [9.17, 15) is 9.18 Å². The van der Waals surface area contributed by atoms with Crippen LogP contribution in [0.3, 0.4) is 0 Å². The van der Waals surface area contributed by atoms with E-state index in [2.05, 4.69) is 10.3 Å². The van der Waals surface area contributed by atoms with Gasteiger partial charge in [0.1, 0.15) is 18.1 Å². The van der Waals surface area contributed by atoms with Gasteiger partial charge in [-0.25, -0.2) is 9.07 Å². The molecule has 0 spiro atoms. The molecule has 4 rings (SSSR count). The van der Waals surface area contributed by atoms with Crippen LogP contribution < -0.4 is 9.47 Å². The molecule has 1 fully saturated rings. The van der Waals surface area contributed by atoms with E-state index in [0.717, 1.165) is 11.4 Å². The maximum absolute atomic E-state index is 13.7. The van der Waals surface area contributed by atoms with Crippen LogP contribution in [0.5, 0.6) is 11.5 Å². The summed E-state index contributed by atoms with van der Waals surface area (Å²) in [4.78, 5) is 14.2. The molecule has 1 atom stereocenters. The van der Waals surface area contributed by atoms with Crippen molar-refractivity contribution in [1.82, 2.24) is 19.9 Å². The summed E-state index contributed by atoms with van der Waals surface area (Å²) in [6, 6.07) is 15.6. The molecule has 1 aliphatic rings. The predicted molar refractivity (Wildman–Crippen MR) is 103 cm³/mol. The molecule has 29 heavy (non-hydrogen) atoms. The van der Waals surface area contributed by atoms with Crippen LogP contribution >= 0.6 is 0 Å². The van der Waals surface area contributed by atoms with Crippen LogP contribution in [-0.4, -0.2) is 45.0 Å². The molecular weight excluding hydrogens is 375 g/mol. The van der Waals surface area contributed by atoms with E-state index >= 15 is 0 Å². The van der Waals surface area contributed by atoms with Gasteiger partial charge in [0, 0.05) is 13.1 Å². The van der Waals surface area contributed by atoms with Crippen molar-refractivity contribution >= 4 is 5.91 Å². The highest BCUT2D eigenvalue weighted by molar-refractivity contribution is 5.81. The first-order valence-corrected chi connectivity index (χ1v) is 9.38. The Balaban J connectivity index is 1.27. The molecule has 1 amide bonds. The van der Waals surface area contributed by atoms with Gasteiger partial charge in [-0.15, -0.1) is 5.10 Å². The number of nitrogens with zero attached hydrogens (tertiary/aromatic N) is 4. The van der Waals surface area contributed by atoms with Crippen LogP contribution in [-0.2, 0) is 11.4 Å². The molecule has 1 saturated heterocycles. The molecule has 1 aliphatic heterocycles. The molecule has 0 saturated carbocycles. The number of aromatic nitrogens is 3. The average Bonchev–Trinajstić information content (AvgIpc) is 3.16. The molecule has 3 aromatic rings. The molecular formula is C21H21FN4O3. The molecule has 150 valence electrons. The molecule has 0 aliphatic carbocycles. The summed E-state index contributed by atoms with van der Waals surface area (Å²) in [5.74, 6) is 0.176. The number of benzene rings is 2. The minimum Gasteiger partial charge on any atom is -0.487 e. The minimum absolute atomic E-state index is 0.0533. The quantitative estimate of drug-likeness (QED) is 0.614. The molecule has 7 nitrogen and oxygen atoms in total. The highest BCUT2D eigenvalue weighted by Gasteiger charge is 2.35. The van der Waals surface area contributed by atoms with Crippen molar-refractivity contribution in [2.45, 2.75) is 25.7 Å². The standard InChI is InChI=1S/C21H21FN4O3/c1-15(29-20-10-6-5-9-19(20)22)21(27)25-12-17(13-25)26-11-16(23-24-26)14-28-18-7-3-2-4-8-18/h2-11,15,17H,12-14H2,1H3/t15-/m1/s1. The van der Waals surface area contributed by atoms with Gasteiger partial charge in [-0.05, 0) is 31.2 Å². The molecule has 0 bridgehead atoms. The molecule has 2 heterocycles. The van der Waals surface area contributed by atoms with Crippen molar-refractivity contribution in [2.24, 2.45) is 0 Å². The topological polar surface area (TPSA) is 69.5 Å². The van der Waals surface area contributed by atoms with Gasteiger partial charge in [0.25, 0.3) is 5.91 Å². The van der Waals surface area contributed by atoms with Gasteiger partial charge in [-0.3, -0.25) is 4.79 Å². The van der Waals surface area contributed by atoms with Crippen molar-refractivity contribution in [3.05, 3.63) is 72.3 Å². The van der Waals surface area contributed by atoms with E-state index in [1.165, 1.54) is 12.1 Å². The normalized spacial score (nSPS) is 14.9. The minimum atomic E-state index is -0.765. The summed E-state index contributed by atoms with van der Waals surface area (Å²) in [6.45, 7) is 2.96. The second-order valence-electron chi connectivity index (χ2n) is 6.88. The van der Waals surface area contributed by atoms with E-state index in [1.54, 1.807) is 28.6 Å². The van der Waals surface area contributed by atoms with Crippen LogP contribution in [0.4, 0.5) is 4.39 Å². The fourth-order valence-corrected chi connectivity index (χ4v) is 3.07. The first kappa shape index (κ1) is 18.9. The Kier molecular flexibility index (Phi) is 5.41. The number of carbonyl (C=O) groups is 1. The number of hydrogen-bond acceptors (Lipinski definition) is 5. The zero-order valence-electron chi connectivity index (χ0n) is 15.9. The lowest BCUT2D eigenvalue weighted by Gasteiger charge is -2.40. The number of hydrogen-bond donors (Lipinski definition) is 0. The van der Waals surface area contributed by atoms with Crippen LogP contribution in [0.1, 0.15) is 18.7 Å². The molecule has 2 aromatic carbocycles. The van der Waals surface area contributed by atoms with E-state index in [1.807, 2.05) is 36.5 Å². The van der Waals surface area contributed by atoms with Crippen molar-refractivity contribution in [1.29, 1.82) is 0 Å². The lowest BCUT2D eigenvalue weighted by atomic mass is 10.1. The number of para-hydroxylation sites is 2. The Bertz CT molecular complexity index is 973. The second kappa shape index (κ2) is 8.30. The maximum Gasteiger partial charge on any atom is 0.263 e. The fourth-order valence-electron chi connectivity index (χ4n) is 3.07. The SMILES string of the molecule is C[C@@H](Oc1ccccc1F)C(=O)N1CC(n2cc(COc3ccccc3)nn2)C1. The third kappa shape index (κ3) is 4.37. The van der Waals surface area contributed by atoms with E-state index in [4.69, 9.17) is 9.47 Å². The molecule has 8 heteroatoms. The zero-order valence-corrected chi connectivity index (χ0v) is 15.9. The van der Waals surface area contributed by atoms with Crippen LogP contribution in [0.2, 0.25) is 0 Å². The molecule has 0 radical (unpaired) electrons. The van der Waals surface area contributed by atoms with Gasteiger partial charge in [0.15, 0.2) is 17.7 Å². The van der Waals surface area contributed by atoms with Crippen molar-refractivity contribution in [2.75, 3.05) is 13.1 Å². The summed E-state index contributed by atoms with van der Waals surface area (Å²) in [5, 5.41) is 8.26. The third-order valence-corrected chi connectivity index (χ3v) is 4.72. The van der Waals surface area contributed by atoms with Crippen LogP contribution in [0, 0.1) is 5.82 Å². The van der Waals surface area contributed by atoms with Crippen LogP contribution in [0.25, 0.3) is 0 Å². The van der Waals surface area contributed by atoms with Crippen molar-refractivity contribution in [3.8, 4) is 11.5 Å². The highest BCUT2D eigenvalue weighted by atomic mass is 19.1. The average molecular weight is 396 g/mol. The number of halogens is 1. The van der Waals surface area contributed by atoms with Gasteiger partial charge in [-0.1, -0.05) is 35.5 Å². The number of likely N-dealkylation sites (tertiary alicyclic amines) is 1. The summed E-state index contributed by atoms with van der Waals surface area (Å²) < 4.78 is 26.6. The number of rotatable bonds is 7. The fraction of sp³-hybridized carbons (Fsp3) is 0.286. The van der Waals surface area contributed by atoms with Gasteiger partial charge in [0.05, 0.1) is 12.2 Å². The van der Waals surface area contributed by atoms with Crippen molar-refractivity contribution < 1.29 is 18.7 Å². The lowest BCUT2D eigenvalue weighted by molar-refractivity contribution is -0.144. The first-order valence-electron chi connectivity index (χ1n) is 9.38. The summed E-state index contributed by atoms with van der Waals surface area (Å²) >= 11 is 0. The van der Waals surface area contributed by atoms with E-state index < -0.39 is 11.9 Å². The predicted octanol–water partition coefficient (Wildman–Crippen LogP) is 2.85. The monoisotopic (exact) mass is 396 g/mol. The lowest BCUT2D eigenvalue weighted by Crippen LogP contribution is -2.54. The van der Waals surface area contributed by atoms with Crippen molar-refractivity contribution in [3.63, 3.8) is 0 Å². The Morgan fingerprint density at radius 2 is 1.90 bits per heavy atom. The third-order valence-electron chi connectivity index (χ3n) is 4.72. The van der Waals surface area contributed by atoms with Gasteiger partial charge in [-0.2, -0.15) is 0 Å². The summed E-state index contributed by atoms with van der Waals surface area (Å²) in [7, 11) is 0. The van der Waals surface area contributed by atoms with Gasteiger partial charge in [0.2, 0.25) is 0 Å². The summed E-state index contributed by atoms with van der Waals surface area (Å²) in [6.07, 6.45) is 1.06. The Hall–Kier alpha value is -3.42. The number of ether oxygens (including phenoxy) is 2. The van der Waals surface area contributed by atoms with E-state index in [0.29, 0.717) is 19.7 Å². The number of carbonyl (C=O) groups excluding carboxylic acids is 1. The van der Waals surface area contributed by atoms with Crippen LogP contribution in [0.15, 0.2) is 60.8 Å². The highest BCUT2D eigenvalue weighted by Crippen LogP contribution is 2.23. The Labute approximate surface area is 167 Å². The molecule has 0 N–H and O–H groups in total. The smallest absolute Gasteiger partial charge is 0.263 e. The molecule has 0 unspecified atom stereocenters. The second-order valence-corrected chi connectivity index (χ2v) is 6.88. The Morgan fingerprint density at radius 1 is 1.17 bits per heavy atom. The first-order chi connectivity index (χ1) is 14.1. The van der Waals surface area contributed by atoms with E-state index in [-0.39, 0.29) is 17.7 Å². The summed E-state index contributed by atoms with van der Waals surface area (Å²) in [5.41, 5.74) is 0.717. The maximum atomic E-state index is 13.7. The zero-order chi connectivity index (χ0) is 20.2. The van der Waals surface area contributed by atoms with Gasteiger partial charge < -0.3 is 14.4 Å². The largest absolute Gasteiger partial charge is 0.487 e. The molecule has 1 aromatic heterocycles. The number of amides is 1. The Morgan fingerprint density at radius 3 is 2.66 bits per heavy atom. The van der Waals surface area contributed by atoms with Gasteiger partial charge >= 0.3 is 0 Å².